The highest BCUT2D eigenvalue weighted by molar-refractivity contribution is 5.95. The third-order valence-corrected chi connectivity index (χ3v) is 5.62. The van der Waals surface area contributed by atoms with Crippen LogP contribution in [0.3, 0.4) is 0 Å². The highest BCUT2D eigenvalue weighted by atomic mass is 16.5. The monoisotopic (exact) mass is 413 g/mol. The largest absolute Gasteiger partial charge is 0.496 e. The van der Waals surface area contributed by atoms with Crippen molar-refractivity contribution in [1.82, 2.24) is 9.88 Å². The number of methoxy groups -OCH3 is 1. The molecule has 0 unspecified atom stereocenters. The summed E-state index contributed by atoms with van der Waals surface area (Å²) >= 11 is 0. The number of carbonyl (C=O) groups excluding carboxylic acids is 1. The van der Waals surface area contributed by atoms with Crippen molar-refractivity contribution in [3.05, 3.63) is 90.1 Å². The fourth-order valence-electron chi connectivity index (χ4n) is 3.85. The highest BCUT2D eigenvalue weighted by Crippen LogP contribution is 2.33. The number of benzene rings is 3. The van der Waals surface area contributed by atoms with Gasteiger partial charge in [-0.3, -0.25) is 9.36 Å². The Morgan fingerprint density at radius 2 is 1.87 bits per heavy atom. The Balaban J connectivity index is 1.61. The molecule has 0 saturated heterocycles. The first-order chi connectivity index (χ1) is 15.1. The molecule has 1 heterocycles. The quantitative estimate of drug-likeness (QED) is 0.458. The van der Waals surface area contributed by atoms with Gasteiger partial charge in [-0.1, -0.05) is 42.5 Å². The second kappa shape index (κ2) is 9.16. The fraction of sp³-hybridized carbons (Fsp3) is 0.192. The van der Waals surface area contributed by atoms with E-state index in [9.17, 15) is 4.79 Å². The normalized spacial score (nSPS) is 12.1. The Morgan fingerprint density at radius 1 is 1.06 bits per heavy atom. The van der Waals surface area contributed by atoms with Gasteiger partial charge in [0.25, 0.3) is 0 Å². The van der Waals surface area contributed by atoms with Crippen LogP contribution in [-0.4, -0.2) is 24.1 Å². The number of ether oxygens (including phenoxy) is 1. The van der Waals surface area contributed by atoms with Gasteiger partial charge in [-0.2, -0.15) is 0 Å². The number of nitrogens with zero attached hydrogens (tertiary/aromatic N) is 1. The number of nitrogens with one attached hydrogen (secondary N) is 1. The minimum atomic E-state index is -0.124. The standard InChI is InChI=1S/C26H27N3O2/c1-18(20-6-4-3-5-7-20)28-17-19-8-11-25(31-2)23(14-19)21-9-10-24-22(15-21)12-13-29(24)26(30)16-27/h3-15,18,28H,16-17,27H2,1-2H3/t18-/m1/s1. The van der Waals surface area contributed by atoms with Crippen molar-refractivity contribution in [1.29, 1.82) is 0 Å². The van der Waals surface area contributed by atoms with Gasteiger partial charge in [-0.05, 0) is 53.9 Å². The maximum atomic E-state index is 12.0. The molecule has 1 atom stereocenters. The van der Waals surface area contributed by atoms with Gasteiger partial charge in [-0.15, -0.1) is 0 Å². The number of nitrogens with two attached hydrogens (primary N) is 1. The Labute approximate surface area is 182 Å². The summed E-state index contributed by atoms with van der Waals surface area (Å²) in [6, 6.07) is 24.9. The molecule has 0 radical (unpaired) electrons. The molecule has 4 rings (SSSR count). The molecule has 0 fully saturated rings. The van der Waals surface area contributed by atoms with Crippen LogP contribution in [0.15, 0.2) is 79.0 Å². The lowest BCUT2D eigenvalue weighted by atomic mass is 10.00. The molecule has 158 valence electrons. The zero-order chi connectivity index (χ0) is 21.8. The third-order valence-electron chi connectivity index (χ3n) is 5.62. The van der Waals surface area contributed by atoms with E-state index in [1.54, 1.807) is 17.9 Å². The van der Waals surface area contributed by atoms with E-state index >= 15 is 0 Å². The van der Waals surface area contributed by atoms with Gasteiger partial charge < -0.3 is 15.8 Å². The number of rotatable bonds is 7. The second-order valence-corrected chi connectivity index (χ2v) is 7.61. The van der Waals surface area contributed by atoms with E-state index in [0.717, 1.165) is 34.3 Å². The molecule has 5 nitrogen and oxygen atoms in total. The van der Waals surface area contributed by atoms with Crippen LogP contribution in [0.1, 0.15) is 28.9 Å². The van der Waals surface area contributed by atoms with Crippen LogP contribution in [-0.2, 0) is 6.54 Å². The van der Waals surface area contributed by atoms with Gasteiger partial charge in [0.2, 0.25) is 5.91 Å². The van der Waals surface area contributed by atoms with Crippen LogP contribution in [0.2, 0.25) is 0 Å². The van der Waals surface area contributed by atoms with Crippen molar-refractivity contribution >= 4 is 16.8 Å². The topological polar surface area (TPSA) is 69.3 Å². The molecule has 31 heavy (non-hydrogen) atoms. The fourth-order valence-corrected chi connectivity index (χ4v) is 3.85. The number of aromatic nitrogens is 1. The summed E-state index contributed by atoms with van der Waals surface area (Å²) in [5.74, 6) is 0.692. The predicted molar refractivity (Wildman–Crippen MR) is 125 cm³/mol. The Morgan fingerprint density at radius 3 is 2.61 bits per heavy atom. The van der Waals surface area contributed by atoms with Crippen molar-refractivity contribution in [2.24, 2.45) is 5.73 Å². The summed E-state index contributed by atoms with van der Waals surface area (Å²) in [6.07, 6.45) is 1.77. The first kappa shape index (κ1) is 20.8. The molecule has 3 N–H and O–H groups in total. The SMILES string of the molecule is COc1ccc(CN[C@H](C)c2ccccc2)cc1-c1ccc2c(ccn2C(=O)CN)c1. The molecule has 1 aromatic heterocycles. The second-order valence-electron chi connectivity index (χ2n) is 7.61. The van der Waals surface area contributed by atoms with Crippen molar-refractivity contribution in [3.8, 4) is 16.9 Å². The number of hydrogen-bond acceptors (Lipinski definition) is 4. The van der Waals surface area contributed by atoms with Crippen LogP contribution < -0.4 is 15.8 Å². The average molecular weight is 414 g/mol. The van der Waals surface area contributed by atoms with Crippen molar-refractivity contribution in [2.45, 2.75) is 19.5 Å². The molecular weight excluding hydrogens is 386 g/mol. The zero-order valence-electron chi connectivity index (χ0n) is 17.8. The minimum absolute atomic E-state index is 0.0181. The van der Waals surface area contributed by atoms with Crippen molar-refractivity contribution in [3.63, 3.8) is 0 Å². The summed E-state index contributed by atoms with van der Waals surface area (Å²) in [4.78, 5) is 12.0. The first-order valence-corrected chi connectivity index (χ1v) is 10.4. The molecule has 3 aromatic carbocycles. The Kier molecular flexibility index (Phi) is 6.16. The average Bonchev–Trinajstić information content (AvgIpc) is 3.25. The molecule has 0 amide bonds. The maximum Gasteiger partial charge on any atom is 0.244 e. The smallest absolute Gasteiger partial charge is 0.244 e. The molecule has 0 aliphatic rings. The van der Waals surface area contributed by atoms with Crippen LogP contribution in [0.25, 0.3) is 22.0 Å². The minimum Gasteiger partial charge on any atom is -0.496 e. The van der Waals surface area contributed by atoms with E-state index in [1.165, 1.54) is 11.1 Å². The van der Waals surface area contributed by atoms with Gasteiger partial charge >= 0.3 is 0 Å². The van der Waals surface area contributed by atoms with Crippen LogP contribution in [0, 0.1) is 0 Å². The maximum absolute atomic E-state index is 12.0. The van der Waals surface area contributed by atoms with Crippen molar-refractivity contribution < 1.29 is 9.53 Å². The Hall–Kier alpha value is -3.41. The lowest BCUT2D eigenvalue weighted by Crippen LogP contribution is -2.19. The van der Waals surface area contributed by atoms with Crippen molar-refractivity contribution in [2.75, 3.05) is 13.7 Å². The van der Waals surface area contributed by atoms with Crippen LogP contribution in [0.4, 0.5) is 0 Å². The highest BCUT2D eigenvalue weighted by Gasteiger charge is 2.12. The van der Waals surface area contributed by atoms with E-state index in [4.69, 9.17) is 10.5 Å². The van der Waals surface area contributed by atoms with Gasteiger partial charge in [0.15, 0.2) is 0 Å². The van der Waals surface area contributed by atoms with Gasteiger partial charge in [-0.25, -0.2) is 0 Å². The number of fused-ring (bicyclic) bond motifs is 1. The van der Waals surface area contributed by atoms with E-state index in [-0.39, 0.29) is 18.5 Å². The van der Waals surface area contributed by atoms with E-state index in [2.05, 4.69) is 54.7 Å². The lowest BCUT2D eigenvalue weighted by Gasteiger charge is -2.16. The number of carbonyl (C=O) groups is 1. The molecule has 0 saturated carbocycles. The van der Waals surface area contributed by atoms with Gasteiger partial charge in [0, 0.05) is 29.7 Å². The zero-order valence-corrected chi connectivity index (χ0v) is 17.8. The molecule has 0 spiro atoms. The summed E-state index contributed by atoms with van der Waals surface area (Å²) in [5, 5.41) is 4.58. The lowest BCUT2D eigenvalue weighted by molar-refractivity contribution is 0.0929. The summed E-state index contributed by atoms with van der Waals surface area (Å²) in [5.41, 5.74) is 10.9. The summed E-state index contributed by atoms with van der Waals surface area (Å²) < 4.78 is 7.23. The number of hydrogen-bond donors (Lipinski definition) is 2. The molecule has 0 aliphatic heterocycles. The van der Waals surface area contributed by atoms with Crippen LogP contribution >= 0.6 is 0 Å². The summed E-state index contributed by atoms with van der Waals surface area (Å²) in [7, 11) is 1.68. The van der Waals surface area contributed by atoms with E-state index < -0.39 is 0 Å². The molecular formula is C26H27N3O2. The molecule has 0 bridgehead atoms. The summed E-state index contributed by atoms with van der Waals surface area (Å²) in [6.45, 7) is 2.90. The molecule has 0 aliphatic carbocycles. The van der Waals surface area contributed by atoms with E-state index in [0.29, 0.717) is 0 Å². The molecule has 4 aromatic rings. The Bertz CT molecular complexity index is 1200. The predicted octanol–water partition coefficient (Wildman–Crippen LogP) is 4.77. The van der Waals surface area contributed by atoms with Crippen LogP contribution in [0.5, 0.6) is 5.75 Å². The third kappa shape index (κ3) is 4.38. The van der Waals surface area contributed by atoms with Gasteiger partial charge in [0.05, 0.1) is 19.2 Å². The first-order valence-electron chi connectivity index (χ1n) is 10.4. The molecule has 5 heteroatoms. The van der Waals surface area contributed by atoms with E-state index in [1.807, 2.05) is 30.3 Å². The van der Waals surface area contributed by atoms with Gasteiger partial charge in [0.1, 0.15) is 5.75 Å².